The first-order valence-corrected chi connectivity index (χ1v) is 8.04. The molecular weight excluding hydrogens is 326 g/mol. The topological polar surface area (TPSA) is 86.5 Å². The largest absolute Gasteiger partial charge is 0.497 e. The van der Waals surface area contributed by atoms with E-state index in [1.165, 1.54) is 18.4 Å². The van der Waals surface area contributed by atoms with Gasteiger partial charge >= 0.3 is 0 Å². The number of fused-ring (bicyclic) bond motifs is 1. The molecule has 0 atom stereocenters. The predicted molar refractivity (Wildman–Crippen MR) is 96.3 cm³/mol. The third kappa shape index (κ3) is 2.85. The van der Waals surface area contributed by atoms with Gasteiger partial charge in [0, 0.05) is 17.1 Å². The number of aromatic nitrogens is 1. The summed E-state index contributed by atoms with van der Waals surface area (Å²) in [4.78, 5) is 18.2. The van der Waals surface area contributed by atoms with Gasteiger partial charge < -0.3 is 20.5 Å². The van der Waals surface area contributed by atoms with E-state index in [0.29, 0.717) is 27.8 Å². The van der Waals surface area contributed by atoms with Gasteiger partial charge in [-0.3, -0.25) is 4.79 Å². The van der Waals surface area contributed by atoms with E-state index in [1.54, 1.807) is 25.3 Å². The molecule has 6 nitrogen and oxygen atoms in total. The van der Waals surface area contributed by atoms with Gasteiger partial charge in [0.05, 0.1) is 25.6 Å². The van der Waals surface area contributed by atoms with E-state index in [4.69, 9.17) is 15.2 Å². The Morgan fingerprint density at radius 1 is 1.21 bits per heavy atom. The zero-order chi connectivity index (χ0) is 17.3. The number of thiophene rings is 1. The highest BCUT2D eigenvalue weighted by Gasteiger charge is 2.19. The predicted octanol–water partition coefficient (Wildman–Crippen LogP) is 3.46. The Kier molecular flexibility index (Phi) is 4.26. The molecule has 0 aliphatic rings. The standard InChI is InChI=1S/C17H17N3O3S/c1-9-4-6-11-14(18)15(24-17(11)19-9)16(21)20-12-8-10(22-2)5-7-13(12)23-3/h4-8H,18H2,1-3H3,(H,20,21). The Balaban J connectivity index is 1.97. The monoisotopic (exact) mass is 343 g/mol. The van der Waals surface area contributed by atoms with Crippen LogP contribution in [0.2, 0.25) is 0 Å². The molecule has 7 heteroatoms. The van der Waals surface area contributed by atoms with E-state index < -0.39 is 0 Å². The molecule has 24 heavy (non-hydrogen) atoms. The summed E-state index contributed by atoms with van der Waals surface area (Å²) >= 11 is 1.27. The Bertz CT molecular complexity index is 921. The second kappa shape index (κ2) is 6.37. The second-order valence-corrected chi connectivity index (χ2v) is 6.17. The van der Waals surface area contributed by atoms with Gasteiger partial charge in [-0.05, 0) is 31.2 Å². The van der Waals surface area contributed by atoms with Gasteiger partial charge in [0.1, 0.15) is 21.2 Å². The van der Waals surface area contributed by atoms with Crippen molar-refractivity contribution in [3.05, 3.63) is 40.9 Å². The van der Waals surface area contributed by atoms with E-state index in [-0.39, 0.29) is 5.91 Å². The summed E-state index contributed by atoms with van der Waals surface area (Å²) in [6.45, 7) is 1.90. The lowest BCUT2D eigenvalue weighted by Crippen LogP contribution is -2.12. The highest BCUT2D eigenvalue weighted by molar-refractivity contribution is 7.21. The van der Waals surface area contributed by atoms with Crippen LogP contribution in [0.5, 0.6) is 11.5 Å². The van der Waals surface area contributed by atoms with Crippen LogP contribution in [0.15, 0.2) is 30.3 Å². The van der Waals surface area contributed by atoms with Crippen LogP contribution in [0.1, 0.15) is 15.4 Å². The highest BCUT2D eigenvalue weighted by Crippen LogP contribution is 2.34. The number of nitrogens with one attached hydrogen (secondary N) is 1. The number of anilines is 2. The maximum absolute atomic E-state index is 12.7. The number of carbonyl (C=O) groups is 1. The Hall–Kier alpha value is -2.80. The molecule has 3 aromatic rings. The van der Waals surface area contributed by atoms with Crippen molar-refractivity contribution in [2.75, 3.05) is 25.3 Å². The molecule has 0 saturated heterocycles. The lowest BCUT2D eigenvalue weighted by molar-refractivity contribution is 0.103. The summed E-state index contributed by atoms with van der Waals surface area (Å²) in [6.07, 6.45) is 0. The molecule has 2 aromatic heterocycles. The number of benzene rings is 1. The third-order valence-corrected chi connectivity index (χ3v) is 4.71. The van der Waals surface area contributed by atoms with Crippen molar-refractivity contribution in [2.24, 2.45) is 0 Å². The van der Waals surface area contributed by atoms with Gasteiger partial charge in [-0.25, -0.2) is 4.98 Å². The summed E-state index contributed by atoms with van der Waals surface area (Å²) in [6, 6.07) is 8.94. The number of hydrogen-bond acceptors (Lipinski definition) is 6. The molecule has 124 valence electrons. The van der Waals surface area contributed by atoms with Gasteiger partial charge in [-0.15, -0.1) is 11.3 Å². The van der Waals surface area contributed by atoms with Crippen LogP contribution >= 0.6 is 11.3 Å². The zero-order valence-corrected chi connectivity index (χ0v) is 14.4. The Labute approximate surface area is 143 Å². The smallest absolute Gasteiger partial charge is 0.268 e. The molecule has 0 spiro atoms. The molecule has 0 saturated carbocycles. The molecule has 0 radical (unpaired) electrons. The zero-order valence-electron chi connectivity index (χ0n) is 13.5. The first kappa shape index (κ1) is 16.1. The van der Waals surface area contributed by atoms with Crippen molar-refractivity contribution < 1.29 is 14.3 Å². The van der Waals surface area contributed by atoms with Crippen molar-refractivity contribution in [1.82, 2.24) is 4.98 Å². The van der Waals surface area contributed by atoms with Crippen molar-refractivity contribution >= 4 is 38.8 Å². The van der Waals surface area contributed by atoms with Crippen molar-refractivity contribution in [3.63, 3.8) is 0 Å². The average Bonchev–Trinajstić information content (AvgIpc) is 2.90. The number of nitrogens with zero attached hydrogens (tertiary/aromatic N) is 1. The number of amides is 1. The molecule has 3 N–H and O–H groups in total. The number of methoxy groups -OCH3 is 2. The van der Waals surface area contributed by atoms with Crippen molar-refractivity contribution in [1.29, 1.82) is 0 Å². The number of pyridine rings is 1. The van der Waals surface area contributed by atoms with Crippen LogP contribution in [-0.4, -0.2) is 25.1 Å². The summed E-state index contributed by atoms with van der Waals surface area (Å²) in [5.41, 5.74) is 7.95. The van der Waals surface area contributed by atoms with Crippen molar-refractivity contribution in [2.45, 2.75) is 6.92 Å². The first-order valence-electron chi connectivity index (χ1n) is 7.22. The van der Waals surface area contributed by atoms with E-state index in [1.807, 2.05) is 19.1 Å². The molecule has 1 aromatic carbocycles. The molecule has 0 bridgehead atoms. The molecule has 2 heterocycles. The SMILES string of the molecule is COc1ccc(OC)c(NC(=O)c2sc3nc(C)ccc3c2N)c1. The highest BCUT2D eigenvalue weighted by atomic mass is 32.1. The van der Waals surface area contributed by atoms with Crippen LogP contribution < -0.4 is 20.5 Å². The lowest BCUT2D eigenvalue weighted by Gasteiger charge is -2.11. The van der Waals surface area contributed by atoms with E-state index in [0.717, 1.165) is 15.9 Å². The molecule has 3 rings (SSSR count). The summed E-state index contributed by atoms with van der Waals surface area (Å²) in [7, 11) is 3.10. The summed E-state index contributed by atoms with van der Waals surface area (Å²) in [5, 5.41) is 3.61. The number of rotatable bonds is 4. The van der Waals surface area contributed by atoms with Crippen LogP contribution in [0.4, 0.5) is 11.4 Å². The second-order valence-electron chi connectivity index (χ2n) is 5.17. The molecular formula is C17H17N3O3S. The van der Waals surface area contributed by atoms with E-state index in [2.05, 4.69) is 10.3 Å². The minimum absolute atomic E-state index is 0.306. The van der Waals surface area contributed by atoms with Crippen LogP contribution in [0.25, 0.3) is 10.2 Å². The molecule has 0 unspecified atom stereocenters. The summed E-state index contributed by atoms with van der Waals surface area (Å²) in [5.74, 6) is 0.852. The fourth-order valence-electron chi connectivity index (χ4n) is 2.35. The number of nitrogen functional groups attached to an aromatic ring is 1. The maximum atomic E-state index is 12.7. The minimum Gasteiger partial charge on any atom is -0.497 e. The lowest BCUT2D eigenvalue weighted by atomic mass is 10.2. The van der Waals surface area contributed by atoms with Crippen LogP contribution in [-0.2, 0) is 0 Å². The third-order valence-electron chi connectivity index (χ3n) is 3.59. The van der Waals surface area contributed by atoms with Gasteiger partial charge in [-0.1, -0.05) is 0 Å². The first-order chi connectivity index (χ1) is 11.5. The molecule has 0 aliphatic carbocycles. The quantitative estimate of drug-likeness (QED) is 0.757. The fourth-order valence-corrected chi connectivity index (χ4v) is 3.38. The van der Waals surface area contributed by atoms with Gasteiger partial charge in [0.2, 0.25) is 0 Å². The van der Waals surface area contributed by atoms with Gasteiger partial charge in [0.15, 0.2) is 0 Å². The van der Waals surface area contributed by atoms with Gasteiger partial charge in [0.25, 0.3) is 5.91 Å². The normalized spacial score (nSPS) is 10.6. The minimum atomic E-state index is -0.306. The van der Waals surface area contributed by atoms with Crippen LogP contribution in [0, 0.1) is 6.92 Å². The Morgan fingerprint density at radius 3 is 2.71 bits per heavy atom. The maximum Gasteiger partial charge on any atom is 0.268 e. The molecule has 0 aliphatic heterocycles. The molecule has 0 fully saturated rings. The van der Waals surface area contributed by atoms with Gasteiger partial charge in [-0.2, -0.15) is 0 Å². The average molecular weight is 343 g/mol. The number of ether oxygens (including phenoxy) is 2. The molecule has 1 amide bonds. The fraction of sp³-hybridized carbons (Fsp3) is 0.176. The summed E-state index contributed by atoms with van der Waals surface area (Å²) < 4.78 is 10.5. The van der Waals surface area contributed by atoms with E-state index >= 15 is 0 Å². The van der Waals surface area contributed by atoms with Crippen molar-refractivity contribution in [3.8, 4) is 11.5 Å². The number of hydrogen-bond donors (Lipinski definition) is 2. The Morgan fingerprint density at radius 2 is 2.00 bits per heavy atom. The van der Waals surface area contributed by atoms with E-state index in [9.17, 15) is 4.79 Å². The number of carbonyl (C=O) groups excluding carboxylic acids is 1. The van der Waals surface area contributed by atoms with Crippen LogP contribution in [0.3, 0.4) is 0 Å². The number of nitrogens with two attached hydrogens (primary N) is 1. The number of aryl methyl sites for hydroxylation is 1.